The van der Waals surface area contributed by atoms with Gasteiger partial charge in [0, 0.05) is 16.5 Å². The van der Waals surface area contributed by atoms with Gasteiger partial charge in [-0.15, -0.1) is 0 Å². The number of carbonyl (C=O) groups excluding carboxylic acids is 1. The largest absolute Gasteiger partial charge is 0.355 e. The number of aryl methyl sites for hydroxylation is 1. The lowest BCUT2D eigenvalue weighted by molar-refractivity contribution is 0.112. The summed E-state index contributed by atoms with van der Waals surface area (Å²) in [4.78, 5) is 11.1. The molecule has 3 nitrogen and oxygen atoms in total. The van der Waals surface area contributed by atoms with Gasteiger partial charge in [0.2, 0.25) is 0 Å². The van der Waals surface area contributed by atoms with Crippen LogP contribution in [0.1, 0.15) is 15.9 Å². The Morgan fingerprint density at radius 3 is 2.83 bits per heavy atom. The monoisotopic (exact) mass is 237 g/mol. The molecule has 0 amide bonds. The minimum Gasteiger partial charge on any atom is -0.355 e. The zero-order valence-electron chi connectivity index (χ0n) is 9.88. The summed E-state index contributed by atoms with van der Waals surface area (Å²) in [5.41, 5.74) is 3.32. The fraction of sp³-hybridized carbons (Fsp3) is 0.0667. The summed E-state index contributed by atoms with van der Waals surface area (Å²) in [6.45, 7) is 2.02. The molecule has 88 valence electrons. The maximum absolute atomic E-state index is 11.1. The Balaban J connectivity index is 2.31. The summed E-state index contributed by atoms with van der Waals surface area (Å²) < 4.78 is 5.39. The Kier molecular flexibility index (Phi) is 2.45. The molecule has 18 heavy (non-hydrogen) atoms. The predicted molar refractivity (Wildman–Crippen MR) is 69.6 cm³/mol. The minimum absolute atomic E-state index is 0.608. The Bertz CT molecular complexity index is 728. The number of fused-ring (bicyclic) bond motifs is 1. The number of aldehydes is 1. The van der Waals surface area contributed by atoms with E-state index in [0.717, 1.165) is 28.3 Å². The van der Waals surface area contributed by atoms with E-state index >= 15 is 0 Å². The topological polar surface area (TPSA) is 43.1 Å². The van der Waals surface area contributed by atoms with E-state index in [-0.39, 0.29) is 0 Å². The van der Waals surface area contributed by atoms with Crippen LogP contribution in [-0.4, -0.2) is 11.4 Å². The molecule has 0 atom stereocenters. The van der Waals surface area contributed by atoms with Gasteiger partial charge in [0.15, 0.2) is 12.0 Å². The van der Waals surface area contributed by atoms with Crippen LogP contribution in [0.5, 0.6) is 0 Å². The highest BCUT2D eigenvalue weighted by Crippen LogP contribution is 2.30. The van der Waals surface area contributed by atoms with E-state index in [1.807, 2.05) is 43.3 Å². The second-order valence-corrected chi connectivity index (χ2v) is 4.24. The van der Waals surface area contributed by atoms with Gasteiger partial charge in [-0.1, -0.05) is 41.1 Å². The van der Waals surface area contributed by atoms with E-state index in [0.29, 0.717) is 11.3 Å². The molecule has 0 saturated heterocycles. The van der Waals surface area contributed by atoms with Crippen molar-refractivity contribution in [2.75, 3.05) is 0 Å². The van der Waals surface area contributed by atoms with Crippen LogP contribution in [0.4, 0.5) is 0 Å². The highest BCUT2D eigenvalue weighted by Gasteiger charge is 2.13. The van der Waals surface area contributed by atoms with Gasteiger partial charge >= 0.3 is 0 Å². The molecule has 0 radical (unpaired) electrons. The third-order valence-electron chi connectivity index (χ3n) is 2.96. The zero-order valence-corrected chi connectivity index (χ0v) is 9.88. The second kappa shape index (κ2) is 4.11. The number of aromatic nitrogens is 1. The van der Waals surface area contributed by atoms with E-state index in [4.69, 9.17) is 4.52 Å². The lowest BCUT2D eigenvalue weighted by atomic mass is 10.0. The number of carbonyl (C=O) groups is 1. The predicted octanol–water partition coefficient (Wildman–Crippen LogP) is 3.62. The van der Waals surface area contributed by atoms with Gasteiger partial charge < -0.3 is 4.52 Å². The van der Waals surface area contributed by atoms with E-state index in [9.17, 15) is 4.79 Å². The third-order valence-corrected chi connectivity index (χ3v) is 2.96. The molecule has 0 spiro atoms. The van der Waals surface area contributed by atoms with Gasteiger partial charge in [-0.25, -0.2) is 0 Å². The van der Waals surface area contributed by atoms with Crippen LogP contribution in [0, 0.1) is 6.92 Å². The standard InChI is InChI=1S/C15H11NO2/c1-10-6-7-14-13(8-10)15(18-16-14)12-5-3-2-4-11(12)9-17/h2-9H,1H3. The SMILES string of the molecule is Cc1ccc2noc(-c3ccccc3C=O)c2c1. The average molecular weight is 237 g/mol. The van der Waals surface area contributed by atoms with Crippen LogP contribution in [0.2, 0.25) is 0 Å². The summed E-state index contributed by atoms with van der Waals surface area (Å²) in [5, 5.41) is 4.96. The summed E-state index contributed by atoms with van der Waals surface area (Å²) in [6, 6.07) is 13.3. The van der Waals surface area contributed by atoms with E-state index in [1.165, 1.54) is 0 Å². The van der Waals surface area contributed by atoms with Gasteiger partial charge in [-0.2, -0.15) is 0 Å². The highest BCUT2D eigenvalue weighted by molar-refractivity contribution is 5.97. The lowest BCUT2D eigenvalue weighted by Crippen LogP contribution is -1.85. The van der Waals surface area contributed by atoms with Crippen LogP contribution >= 0.6 is 0 Å². The first-order valence-corrected chi connectivity index (χ1v) is 5.70. The molecule has 3 aromatic rings. The zero-order chi connectivity index (χ0) is 12.5. The first-order chi connectivity index (χ1) is 8.79. The summed E-state index contributed by atoms with van der Waals surface area (Å²) >= 11 is 0. The molecule has 2 aromatic carbocycles. The number of rotatable bonds is 2. The van der Waals surface area contributed by atoms with Gasteiger partial charge in [0.1, 0.15) is 5.52 Å². The van der Waals surface area contributed by atoms with Crippen molar-refractivity contribution < 1.29 is 9.32 Å². The molecular weight excluding hydrogens is 226 g/mol. The molecule has 0 aliphatic heterocycles. The highest BCUT2D eigenvalue weighted by atomic mass is 16.5. The van der Waals surface area contributed by atoms with Crippen molar-refractivity contribution in [1.82, 2.24) is 5.16 Å². The number of benzene rings is 2. The summed E-state index contributed by atoms with van der Waals surface area (Å²) in [5.74, 6) is 0.649. The first-order valence-electron chi connectivity index (χ1n) is 5.70. The quantitative estimate of drug-likeness (QED) is 0.639. The molecule has 3 rings (SSSR count). The molecular formula is C15H11NO2. The molecule has 0 aliphatic rings. The number of hydrogen-bond donors (Lipinski definition) is 0. The maximum Gasteiger partial charge on any atom is 0.175 e. The van der Waals surface area contributed by atoms with Crippen molar-refractivity contribution in [1.29, 1.82) is 0 Å². The molecule has 1 heterocycles. The van der Waals surface area contributed by atoms with Crippen molar-refractivity contribution in [3.05, 3.63) is 53.6 Å². The molecule has 1 aromatic heterocycles. The van der Waals surface area contributed by atoms with E-state index < -0.39 is 0 Å². The Morgan fingerprint density at radius 2 is 2.00 bits per heavy atom. The second-order valence-electron chi connectivity index (χ2n) is 4.24. The molecule has 0 bridgehead atoms. The first kappa shape index (κ1) is 10.7. The van der Waals surface area contributed by atoms with Crippen LogP contribution in [0.25, 0.3) is 22.2 Å². The lowest BCUT2D eigenvalue weighted by Gasteiger charge is -2.00. The average Bonchev–Trinajstić information content (AvgIpc) is 2.81. The van der Waals surface area contributed by atoms with Crippen molar-refractivity contribution >= 4 is 17.2 Å². The molecule has 0 N–H and O–H groups in total. The van der Waals surface area contributed by atoms with Crippen LogP contribution in [-0.2, 0) is 0 Å². The Labute approximate surface area is 104 Å². The van der Waals surface area contributed by atoms with Gasteiger partial charge in [0.25, 0.3) is 0 Å². The molecule has 0 aliphatic carbocycles. The fourth-order valence-corrected chi connectivity index (χ4v) is 2.06. The van der Waals surface area contributed by atoms with Crippen molar-refractivity contribution in [3.8, 4) is 11.3 Å². The van der Waals surface area contributed by atoms with Crippen molar-refractivity contribution in [3.63, 3.8) is 0 Å². The van der Waals surface area contributed by atoms with E-state index in [2.05, 4.69) is 5.16 Å². The minimum atomic E-state index is 0.608. The third kappa shape index (κ3) is 1.61. The maximum atomic E-state index is 11.1. The normalized spacial score (nSPS) is 10.7. The van der Waals surface area contributed by atoms with E-state index in [1.54, 1.807) is 6.07 Å². The van der Waals surface area contributed by atoms with Crippen LogP contribution in [0.3, 0.4) is 0 Å². The molecule has 0 unspecified atom stereocenters. The van der Waals surface area contributed by atoms with Gasteiger partial charge in [-0.05, 0) is 19.1 Å². The smallest absolute Gasteiger partial charge is 0.175 e. The Morgan fingerprint density at radius 1 is 1.17 bits per heavy atom. The summed E-state index contributed by atoms with van der Waals surface area (Å²) in [6.07, 6.45) is 0.833. The molecule has 0 fully saturated rings. The van der Waals surface area contributed by atoms with Crippen LogP contribution < -0.4 is 0 Å². The van der Waals surface area contributed by atoms with Gasteiger partial charge in [-0.3, -0.25) is 4.79 Å². The summed E-state index contributed by atoms with van der Waals surface area (Å²) in [7, 11) is 0. The number of hydrogen-bond acceptors (Lipinski definition) is 3. The Hall–Kier alpha value is -2.42. The molecule has 0 saturated carbocycles. The van der Waals surface area contributed by atoms with Crippen LogP contribution in [0.15, 0.2) is 47.0 Å². The number of nitrogens with zero attached hydrogens (tertiary/aromatic N) is 1. The fourth-order valence-electron chi connectivity index (χ4n) is 2.06. The van der Waals surface area contributed by atoms with Crippen molar-refractivity contribution in [2.24, 2.45) is 0 Å². The van der Waals surface area contributed by atoms with Crippen molar-refractivity contribution in [2.45, 2.75) is 6.92 Å². The molecule has 3 heteroatoms. The van der Waals surface area contributed by atoms with Gasteiger partial charge in [0.05, 0.1) is 0 Å².